The smallest absolute Gasteiger partial charge is 0.302 e. The minimum Gasteiger partial charge on any atom is -0.481 e. The van der Waals surface area contributed by atoms with Crippen LogP contribution in [-0.2, 0) is 86.2 Å². The number of esters is 1. The van der Waals surface area contributed by atoms with Gasteiger partial charge < -0.3 is 86.4 Å². The van der Waals surface area contributed by atoms with E-state index in [1.165, 1.54) is 6.92 Å². The first kappa shape index (κ1) is 115. The van der Waals surface area contributed by atoms with E-state index in [9.17, 15) is 4.79 Å². The van der Waals surface area contributed by atoms with Crippen LogP contribution in [0.4, 0.5) is 0 Å². The normalized spacial score (nSPS) is 6.68. The number of carboxylic acids is 16. The van der Waals surface area contributed by atoms with Gasteiger partial charge in [-0.25, -0.2) is 0 Å². The van der Waals surface area contributed by atoms with Crippen molar-refractivity contribution in [1.82, 2.24) is 0 Å². The third-order valence-electron chi connectivity index (χ3n) is 1.00. The van der Waals surface area contributed by atoms with Gasteiger partial charge in [-0.3, -0.25) is 81.5 Å². The summed E-state index contributed by atoms with van der Waals surface area (Å²) in [4.78, 5) is 154. The fourth-order valence-electron chi connectivity index (χ4n) is 0.438. The highest BCUT2D eigenvalue weighted by atomic mass is 16.5. The van der Waals surface area contributed by atoms with E-state index < -0.39 is 95.5 Å². The molecule has 0 rings (SSSR count). The zero-order chi connectivity index (χ0) is 64.5. The molecular weight excluding hydrogens is 1010 g/mol. The van der Waals surface area contributed by atoms with Gasteiger partial charge in [-0.1, -0.05) is 13.8 Å². The molecule has 0 saturated carbocycles. The Bertz CT molecular complexity index is 1010. The zero-order valence-electron chi connectivity index (χ0n) is 44.0. The third-order valence-corrected chi connectivity index (χ3v) is 1.00. The Morgan fingerprint density at radius 3 is 0.342 bits per heavy atom. The minimum absolute atomic E-state index is 0.185. The summed E-state index contributed by atoms with van der Waals surface area (Å²) in [5.74, 6) is -12.9. The molecule has 16 N–H and O–H groups in total. The summed E-state index contributed by atoms with van der Waals surface area (Å²) < 4.78 is 4.71. The highest BCUT2D eigenvalue weighted by Crippen LogP contribution is 1.98. The van der Waals surface area contributed by atoms with Crippen LogP contribution >= 0.6 is 0 Å². The molecule has 0 fully saturated rings. The molecule has 0 aromatic carbocycles. The molecule has 34 nitrogen and oxygen atoms in total. The van der Waals surface area contributed by atoms with Crippen LogP contribution in [0.15, 0.2) is 0 Å². The Kier molecular flexibility index (Phi) is 166. The fourth-order valence-corrected chi connectivity index (χ4v) is 0.438. The molecule has 34 heteroatoms. The van der Waals surface area contributed by atoms with Gasteiger partial charge in [-0.05, 0) is 12.3 Å². The first-order valence-electron chi connectivity index (χ1n) is 18.1. The van der Waals surface area contributed by atoms with Crippen molar-refractivity contribution >= 4 is 101 Å². The van der Waals surface area contributed by atoms with Crippen LogP contribution in [0, 0.1) is 5.92 Å². The molecule has 0 aromatic heterocycles. The first-order chi connectivity index (χ1) is 31.8. The summed E-state index contributed by atoms with van der Waals surface area (Å²) in [7, 11) is 0. The van der Waals surface area contributed by atoms with Crippen molar-refractivity contribution in [3.05, 3.63) is 0 Å². The minimum atomic E-state index is -0.833. The first-order valence-corrected chi connectivity index (χ1v) is 18.1. The number of carbonyl (C=O) groups is 17. The molecule has 0 aromatic rings. The Balaban J connectivity index is -0.0000000306. The predicted molar refractivity (Wildman–Crippen MR) is 249 cm³/mol. The number of carboxylic acid groups (broad SMARTS) is 16. The van der Waals surface area contributed by atoms with Crippen LogP contribution in [-0.4, -0.2) is 190 Å². The van der Waals surface area contributed by atoms with E-state index in [0.29, 0.717) is 12.5 Å². The largest absolute Gasteiger partial charge is 0.481 e. The van der Waals surface area contributed by atoms with E-state index in [1.807, 2.05) is 0 Å². The van der Waals surface area contributed by atoms with E-state index in [0.717, 1.165) is 117 Å². The second-order valence-electron chi connectivity index (χ2n) is 10.8. The summed E-state index contributed by atoms with van der Waals surface area (Å²) in [6, 6.07) is 0. The van der Waals surface area contributed by atoms with Gasteiger partial charge in [-0.15, -0.1) is 0 Å². The molecule has 0 radical (unpaired) electrons. The van der Waals surface area contributed by atoms with Crippen molar-refractivity contribution in [2.45, 2.75) is 138 Å². The van der Waals surface area contributed by atoms with Gasteiger partial charge >= 0.3 is 5.97 Å². The van der Waals surface area contributed by atoms with Gasteiger partial charge in [-0.2, -0.15) is 0 Å². The lowest BCUT2D eigenvalue weighted by atomic mass is 10.1. The molecule has 0 aliphatic carbocycles. The number of carbonyl (C=O) groups excluding carboxylic acids is 1. The third kappa shape index (κ3) is 25900. The van der Waals surface area contributed by atoms with Crippen LogP contribution < -0.4 is 0 Å². The maximum absolute atomic E-state index is 10.2. The maximum Gasteiger partial charge on any atom is 0.302 e. The predicted octanol–water partition coefficient (Wildman–Crippen LogP) is 3.05. The van der Waals surface area contributed by atoms with Crippen molar-refractivity contribution in [2.75, 3.05) is 6.61 Å². The Morgan fingerprint density at radius 2 is 0.301 bits per heavy atom. The van der Waals surface area contributed by atoms with Crippen molar-refractivity contribution in [1.29, 1.82) is 0 Å². The molecule has 438 valence electrons. The molecule has 0 spiro atoms. The average molecular weight is 1090 g/mol. The Morgan fingerprint density at radius 1 is 0.233 bits per heavy atom. The van der Waals surface area contributed by atoms with Gasteiger partial charge in [0.2, 0.25) is 0 Å². The SMILES string of the molecule is CC(=O)O.CC(=O)O.CC(=O)O.CC(=O)O.CC(=O)O.CC(=O)O.CC(=O)O.CC(=O)O.CC(=O)O.CC(=O)O.CC(=O)O.CC(=O)O.CC(=O)O.CC(=O)O.CC(=O)O.CC(=O)O.CC(=O)OCCC(C)C. The standard InChI is InChI=1S/C7H14O2.16C2H4O2/c1-6(2)4-5-9-7(3)8;16*1-2(3)4/h6H,4-5H2,1-3H3;16*1H3,(H,3,4). The molecule has 0 atom stereocenters. The Labute approximate surface area is 419 Å². The maximum atomic E-state index is 10.2. The van der Waals surface area contributed by atoms with Gasteiger partial charge in [0.05, 0.1) is 6.61 Å². The molecule has 0 aliphatic heterocycles. The second-order valence-corrected chi connectivity index (χ2v) is 10.8. The van der Waals surface area contributed by atoms with Crippen LogP contribution in [0.3, 0.4) is 0 Å². The molecule has 0 amide bonds. The summed E-state index contributed by atoms with van der Waals surface area (Å²) >= 11 is 0. The lowest BCUT2D eigenvalue weighted by Gasteiger charge is -2.02. The number of hydrogen-bond acceptors (Lipinski definition) is 18. The fraction of sp³-hybridized carbons (Fsp3) is 0.564. The van der Waals surface area contributed by atoms with Crippen molar-refractivity contribution in [3.8, 4) is 0 Å². The highest BCUT2D eigenvalue weighted by molar-refractivity contribution is 5.67. The quantitative estimate of drug-likeness (QED) is 0.181. The van der Waals surface area contributed by atoms with Crippen LogP contribution in [0.25, 0.3) is 0 Å². The summed E-state index contributed by atoms with van der Waals surface area (Å²) in [6.07, 6.45) is 0.958. The molecule has 73 heavy (non-hydrogen) atoms. The van der Waals surface area contributed by atoms with Gasteiger partial charge in [0.25, 0.3) is 95.5 Å². The second kappa shape index (κ2) is 105. The van der Waals surface area contributed by atoms with E-state index in [2.05, 4.69) is 13.8 Å². The summed E-state index contributed by atoms with van der Waals surface area (Å²) in [5.41, 5.74) is 0. The van der Waals surface area contributed by atoms with Crippen molar-refractivity contribution in [3.63, 3.8) is 0 Å². The monoisotopic (exact) mass is 1090 g/mol. The molecule has 0 heterocycles. The summed E-state index contributed by atoms with van der Waals surface area (Å²) in [6.45, 7) is 23.5. The average Bonchev–Trinajstić information content (AvgIpc) is 2.96. The number of ether oxygens (including phenoxy) is 1. The van der Waals surface area contributed by atoms with E-state index in [-0.39, 0.29) is 5.97 Å². The number of hydrogen-bond donors (Lipinski definition) is 16. The van der Waals surface area contributed by atoms with Crippen LogP contribution in [0.5, 0.6) is 0 Å². The molecule has 0 bridgehead atoms. The molecule has 0 aliphatic rings. The van der Waals surface area contributed by atoms with E-state index in [1.54, 1.807) is 0 Å². The topological polar surface area (TPSA) is 623 Å². The van der Waals surface area contributed by atoms with Crippen molar-refractivity contribution in [2.24, 2.45) is 5.92 Å². The van der Waals surface area contributed by atoms with Gasteiger partial charge in [0, 0.05) is 118 Å². The lowest BCUT2D eigenvalue weighted by Crippen LogP contribution is -2.02. The zero-order valence-corrected chi connectivity index (χ0v) is 44.0. The molecular formula is C39H78O34. The van der Waals surface area contributed by atoms with Crippen LogP contribution in [0.2, 0.25) is 0 Å². The van der Waals surface area contributed by atoms with Crippen LogP contribution in [0.1, 0.15) is 138 Å². The molecule has 0 saturated heterocycles. The van der Waals surface area contributed by atoms with E-state index in [4.69, 9.17) is 163 Å². The highest BCUT2D eigenvalue weighted by Gasteiger charge is 1.95. The van der Waals surface area contributed by atoms with Crippen molar-refractivity contribution < 1.29 is 168 Å². The lowest BCUT2D eigenvalue weighted by molar-refractivity contribution is -0.141. The number of aliphatic carboxylic acids is 16. The van der Waals surface area contributed by atoms with Gasteiger partial charge in [0.15, 0.2) is 0 Å². The van der Waals surface area contributed by atoms with Gasteiger partial charge in [0.1, 0.15) is 0 Å². The molecule has 0 unspecified atom stereocenters. The van der Waals surface area contributed by atoms with E-state index >= 15 is 0 Å². The number of rotatable bonds is 3. The summed E-state index contributed by atoms with van der Waals surface area (Å²) in [5, 5.41) is 119. The Hall–Kier alpha value is -9.01.